The average Bonchev–Trinajstić information content (AvgIpc) is 2.67. The number of alkyl carbamates (subject to hydrolysis) is 1. The first kappa shape index (κ1) is 15.7. The molecule has 0 aliphatic rings. The highest BCUT2D eigenvalue weighted by atomic mass is 16.5. The molecule has 4 heteroatoms. The van der Waals surface area contributed by atoms with E-state index in [0.717, 1.165) is 16.8 Å². The van der Waals surface area contributed by atoms with E-state index in [9.17, 15) is 4.79 Å². The summed E-state index contributed by atoms with van der Waals surface area (Å²) >= 11 is 0. The number of carbonyl (C=O) groups is 1. The lowest BCUT2D eigenvalue weighted by atomic mass is 10.0. The molecule has 1 aromatic heterocycles. The Bertz CT molecular complexity index is 722. The quantitative estimate of drug-likeness (QED) is 0.770. The van der Waals surface area contributed by atoms with Crippen LogP contribution in [-0.2, 0) is 11.3 Å². The first-order valence-corrected chi connectivity index (χ1v) is 7.76. The Hall–Kier alpha value is -3.14. The van der Waals surface area contributed by atoms with Gasteiger partial charge in [-0.1, -0.05) is 66.7 Å². The van der Waals surface area contributed by atoms with Crippen LogP contribution < -0.4 is 5.32 Å². The first-order chi connectivity index (χ1) is 11.8. The van der Waals surface area contributed by atoms with Crippen molar-refractivity contribution < 1.29 is 9.53 Å². The molecule has 0 spiro atoms. The second kappa shape index (κ2) is 7.92. The van der Waals surface area contributed by atoms with Crippen molar-refractivity contribution >= 4 is 6.09 Å². The van der Waals surface area contributed by atoms with Gasteiger partial charge in [0, 0.05) is 6.20 Å². The molecule has 0 fully saturated rings. The Morgan fingerprint density at radius 1 is 0.917 bits per heavy atom. The third kappa shape index (κ3) is 4.20. The molecule has 1 unspecified atom stereocenters. The maximum absolute atomic E-state index is 12.2. The molecule has 120 valence electrons. The van der Waals surface area contributed by atoms with Crippen LogP contribution in [0.2, 0.25) is 0 Å². The van der Waals surface area contributed by atoms with Crippen LogP contribution in [0.3, 0.4) is 0 Å². The summed E-state index contributed by atoms with van der Waals surface area (Å²) in [6.07, 6.45) is 1.24. The van der Waals surface area contributed by atoms with E-state index in [2.05, 4.69) is 10.3 Å². The molecule has 3 aromatic rings. The predicted molar refractivity (Wildman–Crippen MR) is 92.3 cm³/mol. The molecule has 0 radical (unpaired) electrons. The summed E-state index contributed by atoms with van der Waals surface area (Å²) in [4.78, 5) is 16.6. The SMILES string of the molecule is O=C(NC(c1ccccc1)c1ccccn1)OCc1ccccc1. The van der Waals surface area contributed by atoms with Crippen molar-refractivity contribution in [3.8, 4) is 0 Å². The van der Waals surface area contributed by atoms with Gasteiger partial charge in [0.2, 0.25) is 0 Å². The summed E-state index contributed by atoms with van der Waals surface area (Å²) in [5.74, 6) is 0. The van der Waals surface area contributed by atoms with Gasteiger partial charge in [-0.3, -0.25) is 4.98 Å². The van der Waals surface area contributed by atoms with Crippen LogP contribution in [0.1, 0.15) is 22.9 Å². The van der Waals surface area contributed by atoms with Gasteiger partial charge in [0.15, 0.2) is 0 Å². The van der Waals surface area contributed by atoms with E-state index in [0.29, 0.717) is 0 Å². The molecule has 1 heterocycles. The van der Waals surface area contributed by atoms with Crippen molar-refractivity contribution in [1.82, 2.24) is 10.3 Å². The van der Waals surface area contributed by atoms with Gasteiger partial charge in [-0.2, -0.15) is 0 Å². The van der Waals surface area contributed by atoms with E-state index in [1.165, 1.54) is 0 Å². The Labute approximate surface area is 141 Å². The van der Waals surface area contributed by atoms with Gasteiger partial charge < -0.3 is 10.1 Å². The number of nitrogens with zero attached hydrogens (tertiary/aromatic N) is 1. The van der Waals surface area contributed by atoms with Crippen LogP contribution in [0.15, 0.2) is 85.1 Å². The molecule has 0 saturated carbocycles. The minimum Gasteiger partial charge on any atom is -0.445 e. The minimum absolute atomic E-state index is 0.233. The van der Waals surface area contributed by atoms with E-state index in [1.807, 2.05) is 78.9 Å². The Morgan fingerprint density at radius 2 is 1.58 bits per heavy atom. The highest BCUT2D eigenvalue weighted by Crippen LogP contribution is 2.20. The standard InChI is InChI=1S/C20H18N2O2/c23-20(24-15-16-9-3-1-4-10-16)22-19(17-11-5-2-6-12-17)18-13-7-8-14-21-18/h1-14,19H,15H2,(H,22,23). The Kier molecular flexibility index (Phi) is 5.20. The maximum Gasteiger partial charge on any atom is 0.408 e. The maximum atomic E-state index is 12.2. The molecule has 0 aliphatic heterocycles. The third-order valence-electron chi connectivity index (χ3n) is 3.59. The molecule has 3 rings (SSSR count). The lowest BCUT2D eigenvalue weighted by molar-refractivity contribution is 0.137. The minimum atomic E-state index is -0.474. The van der Waals surface area contributed by atoms with Gasteiger partial charge in [-0.25, -0.2) is 4.79 Å². The van der Waals surface area contributed by atoms with Crippen LogP contribution in [0, 0.1) is 0 Å². The van der Waals surface area contributed by atoms with Crippen molar-refractivity contribution in [1.29, 1.82) is 0 Å². The normalized spacial score (nSPS) is 11.5. The molecule has 0 aliphatic carbocycles. The van der Waals surface area contributed by atoms with Crippen molar-refractivity contribution in [3.05, 3.63) is 102 Å². The van der Waals surface area contributed by atoms with Crippen LogP contribution >= 0.6 is 0 Å². The average molecular weight is 318 g/mol. The van der Waals surface area contributed by atoms with E-state index in [1.54, 1.807) is 6.20 Å². The Balaban J connectivity index is 1.71. The number of rotatable bonds is 5. The highest BCUT2D eigenvalue weighted by molar-refractivity contribution is 5.68. The molecule has 1 N–H and O–H groups in total. The number of aromatic nitrogens is 1. The number of benzene rings is 2. The monoisotopic (exact) mass is 318 g/mol. The molecule has 1 atom stereocenters. The van der Waals surface area contributed by atoms with Gasteiger partial charge in [0.25, 0.3) is 0 Å². The van der Waals surface area contributed by atoms with Crippen molar-refractivity contribution in [2.45, 2.75) is 12.6 Å². The number of pyridine rings is 1. The summed E-state index contributed by atoms with van der Waals surface area (Å²) in [6, 6.07) is 24.6. The van der Waals surface area contributed by atoms with Crippen molar-refractivity contribution in [3.63, 3.8) is 0 Å². The zero-order chi connectivity index (χ0) is 16.6. The number of hydrogen-bond acceptors (Lipinski definition) is 3. The number of amides is 1. The lowest BCUT2D eigenvalue weighted by Gasteiger charge is -2.18. The van der Waals surface area contributed by atoms with Crippen molar-refractivity contribution in [2.24, 2.45) is 0 Å². The summed E-state index contributed by atoms with van der Waals surface area (Å²) in [5, 5.41) is 2.90. The second-order valence-corrected chi connectivity index (χ2v) is 5.30. The summed E-state index contributed by atoms with van der Waals surface area (Å²) < 4.78 is 5.32. The topological polar surface area (TPSA) is 51.2 Å². The van der Waals surface area contributed by atoms with E-state index in [-0.39, 0.29) is 12.6 Å². The fourth-order valence-electron chi connectivity index (χ4n) is 2.40. The summed E-state index contributed by atoms with van der Waals surface area (Å²) in [5.41, 5.74) is 2.66. The van der Waals surface area contributed by atoms with Gasteiger partial charge in [-0.05, 0) is 23.3 Å². The van der Waals surface area contributed by atoms with Gasteiger partial charge in [0.1, 0.15) is 6.61 Å². The van der Waals surface area contributed by atoms with E-state index < -0.39 is 6.09 Å². The number of hydrogen-bond donors (Lipinski definition) is 1. The zero-order valence-electron chi connectivity index (χ0n) is 13.1. The lowest BCUT2D eigenvalue weighted by Crippen LogP contribution is -2.30. The molecule has 2 aromatic carbocycles. The predicted octanol–water partition coefficient (Wildman–Crippen LogP) is 4.10. The number of nitrogens with one attached hydrogen (secondary N) is 1. The van der Waals surface area contributed by atoms with Gasteiger partial charge in [0.05, 0.1) is 11.7 Å². The van der Waals surface area contributed by atoms with Crippen LogP contribution in [-0.4, -0.2) is 11.1 Å². The van der Waals surface area contributed by atoms with Crippen LogP contribution in [0.4, 0.5) is 4.79 Å². The first-order valence-electron chi connectivity index (χ1n) is 7.76. The largest absolute Gasteiger partial charge is 0.445 e. The molecule has 0 bridgehead atoms. The fourth-order valence-corrected chi connectivity index (χ4v) is 2.40. The molecule has 1 amide bonds. The number of ether oxygens (including phenoxy) is 1. The molecule has 24 heavy (non-hydrogen) atoms. The summed E-state index contributed by atoms with van der Waals surface area (Å²) in [7, 11) is 0. The molecular formula is C20H18N2O2. The number of carbonyl (C=O) groups excluding carboxylic acids is 1. The second-order valence-electron chi connectivity index (χ2n) is 5.30. The molecule has 0 saturated heterocycles. The Morgan fingerprint density at radius 3 is 2.25 bits per heavy atom. The van der Waals surface area contributed by atoms with Crippen LogP contribution in [0.25, 0.3) is 0 Å². The smallest absolute Gasteiger partial charge is 0.408 e. The third-order valence-corrected chi connectivity index (χ3v) is 3.59. The summed E-state index contributed by atoms with van der Waals surface area (Å²) in [6.45, 7) is 0.233. The highest BCUT2D eigenvalue weighted by Gasteiger charge is 2.18. The van der Waals surface area contributed by atoms with Gasteiger partial charge >= 0.3 is 6.09 Å². The van der Waals surface area contributed by atoms with Crippen LogP contribution in [0.5, 0.6) is 0 Å². The zero-order valence-corrected chi connectivity index (χ0v) is 13.1. The molecular weight excluding hydrogens is 300 g/mol. The molecule has 4 nitrogen and oxygen atoms in total. The van der Waals surface area contributed by atoms with Crippen molar-refractivity contribution in [2.75, 3.05) is 0 Å². The van der Waals surface area contributed by atoms with Gasteiger partial charge in [-0.15, -0.1) is 0 Å². The fraction of sp³-hybridized carbons (Fsp3) is 0.100. The van der Waals surface area contributed by atoms with E-state index in [4.69, 9.17) is 4.74 Å². The van der Waals surface area contributed by atoms with E-state index >= 15 is 0 Å².